The summed E-state index contributed by atoms with van der Waals surface area (Å²) in [6.07, 6.45) is 3.65. The predicted molar refractivity (Wildman–Crippen MR) is 76.7 cm³/mol. The van der Waals surface area contributed by atoms with E-state index in [1.54, 1.807) is 0 Å². The van der Waals surface area contributed by atoms with Crippen LogP contribution in [0, 0.1) is 6.92 Å². The van der Waals surface area contributed by atoms with Crippen molar-refractivity contribution in [1.82, 2.24) is 14.9 Å². The fourth-order valence-electron chi connectivity index (χ4n) is 2.49. The predicted octanol–water partition coefficient (Wildman–Crippen LogP) is 2.08. The van der Waals surface area contributed by atoms with Crippen LogP contribution in [0.1, 0.15) is 31.9 Å². The Bertz CT molecular complexity index is 410. The molecule has 1 fully saturated rings. The highest BCUT2D eigenvalue weighted by atomic mass is 16.5. The Hall–Kier alpha value is -1.36. The molecule has 1 atom stereocenters. The van der Waals surface area contributed by atoms with E-state index in [4.69, 9.17) is 4.74 Å². The SMILES string of the molecule is CCNc1nc(C)cc(OCCC2CCCN2C)n1. The van der Waals surface area contributed by atoms with Crippen LogP contribution in [-0.2, 0) is 0 Å². The van der Waals surface area contributed by atoms with Gasteiger partial charge in [-0.05, 0) is 46.7 Å². The number of hydrogen-bond acceptors (Lipinski definition) is 5. The molecule has 0 aliphatic carbocycles. The minimum atomic E-state index is 0.649. The second-order valence-corrected chi connectivity index (χ2v) is 5.12. The lowest BCUT2D eigenvalue weighted by Crippen LogP contribution is -2.26. The molecule has 5 nitrogen and oxygen atoms in total. The second-order valence-electron chi connectivity index (χ2n) is 5.12. The fraction of sp³-hybridized carbons (Fsp3) is 0.714. The number of nitrogens with one attached hydrogen (secondary N) is 1. The van der Waals surface area contributed by atoms with Crippen LogP contribution in [-0.4, -0.2) is 47.7 Å². The molecule has 19 heavy (non-hydrogen) atoms. The van der Waals surface area contributed by atoms with E-state index in [0.717, 1.165) is 25.3 Å². The van der Waals surface area contributed by atoms with E-state index in [9.17, 15) is 0 Å². The molecule has 0 aromatic carbocycles. The standard InChI is InChI=1S/C14H24N4O/c1-4-15-14-16-11(2)10-13(17-14)19-9-7-12-6-5-8-18(12)3/h10,12H,4-9H2,1-3H3,(H,15,16,17). The lowest BCUT2D eigenvalue weighted by atomic mass is 10.1. The Labute approximate surface area is 115 Å². The average molecular weight is 264 g/mol. The molecule has 0 amide bonds. The fourth-order valence-corrected chi connectivity index (χ4v) is 2.49. The van der Waals surface area contributed by atoms with E-state index in [1.165, 1.54) is 19.4 Å². The number of aryl methyl sites for hydroxylation is 1. The molecule has 1 saturated heterocycles. The summed E-state index contributed by atoms with van der Waals surface area (Å²) in [6.45, 7) is 6.73. The summed E-state index contributed by atoms with van der Waals surface area (Å²) in [7, 11) is 2.19. The van der Waals surface area contributed by atoms with Crippen molar-refractivity contribution in [1.29, 1.82) is 0 Å². The van der Waals surface area contributed by atoms with Gasteiger partial charge in [0.25, 0.3) is 0 Å². The lowest BCUT2D eigenvalue weighted by molar-refractivity contribution is 0.228. The van der Waals surface area contributed by atoms with Crippen molar-refractivity contribution >= 4 is 5.95 Å². The molecule has 1 aliphatic rings. The van der Waals surface area contributed by atoms with Gasteiger partial charge in [-0.1, -0.05) is 0 Å². The third-order valence-corrected chi connectivity index (χ3v) is 3.54. The van der Waals surface area contributed by atoms with Crippen LogP contribution in [0.15, 0.2) is 6.07 Å². The minimum absolute atomic E-state index is 0.649. The van der Waals surface area contributed by atoms with Crippen molar-refractivity contribution in [3.8, 4) is 5.88 Å². The summed E-state index contributed by atoms with van der Waals surface area (Å²) in [4.78, 5) is 11.1. The zero-order valence-electron chi connectivity index (χ0n) is 12.1. The van der Waals surface area contributed by atoms with E-state index in [-0.39, 0.29) is 0 Å². The lowest BCUT2D eigenvalue weighted by Gasteiger charge is -2.19. The number of rotatable bonds is 6. The van der Waals surface area contributed by atoms with Gasteiger partial charge in [-0.2, -0.15) is 4.98 Å². The zero-order chi connectivity index (χ0) is 13.7. The first-order valence-corrected chi connectivity index (χ1v) is 7.11. The maximum atomic E-state index is 5.77. The summed E-state index contributed by atoms with van der Waals surface area (Å²) >= 11 is 0. The van der Waals surface area contributed by atoms with Gasteiger partial charge >= 0.3 is 0 Å². The number of ether oxygens (including phenoxy) is 1. The van der Waals surface area contributed by atoms with Gasteiger partial charge in [0.05, 0.1) is 6.61 Å². The normalized spacial score (nSPS) is 19.6. The van der Waals surface area contributed by atoms with Crippen molar-refractivity contribution in [3.63, 3.8) is 0 Å². The summed E-state index contributed by atoms with van der Waals surface area (Å²) in [5, 5.41) is 3.12. The third kappa shape index (κ3) is 4.06. The Balaban J connectivity index is 1.84. The highest BCUT2D eigenvalue weighted by Gasteiger charge is 2.20. The summed E-state index contributed by atoms with van der Waals surface area (Å²) in [5.41, 5.74) is 0.930. The smallest absolute Gasteiger partial charge is 0.226 e. The van der Waals surface area contributed by atoms with E-state index in [2.05, 4.69) is 27.2 Å². The Morgan fingerprint density at radius 3 is 3.00 bits per heavy atom. The van der Waals surface area contributed by atoms with Gasteiger partial charge in [-0.25, -0.2) is 4.98 Å². The summed E-state index contributed by atoms with van der Waals surface area (Å²) < 4.78 is 5.77. The molecule has 1 aromatic heterocycles. The maximum absolute atomic E-state index is 5.77. The van der Waals surface area contributed by atoms with Crippen LogP contribution in [0.3, 0.4) is 0 Å². The number of anilines is 1. The highest BCUT2D eigenvalue weighted by Crippen LogP contribution is 2.18. The third-order valence-electron chi connectivity index (χ3n) is 3.54. The first-order chi connectivity index (χ1) is 9.19. The van der Waals surface area contributed by atoms with Crippen LogP contribution in [0.4, 0.5) is 5.95 Å². The monoisotopic (exact) mass is 264 g/mol. The van der Waals surface area contributed by atoms with Crippen molar-refractivity contribution < 1.29 is 4.74 Å². The quantitative estimate of drug-likeness (QED) is 0.852. The molecule has 1 N–H and O–H groups in total. The maximum Gasteiger partial charge on any atom is 0.226 e. The highest BCUT2D eigenvalue weighted by molar-refractivity contribution is 5.30. The molecule has 0 spiro atoms. The van der Waals surface area contributed by atoms with Gasteiger partial charge in [-0.3, -0.25) is 0 Å². The average Bonchev–Trinajstić information content (AvgIpc) is 2.75. The molecular weight excluding hydrogens is 240 g/mol. The van der Waals surface area contributed by atoms with Crippen LogP contribution < -0.4 is 10.1 Å². The molecule has 106 valence electrons. The van der Waals surface area contributed by atoms with Crippen LogP contribution in [0.5, 0.6) is 5.88 Å². The molecule has 0 radical (unpaired) electrons. The first-order valence-electron chi connectivity index (χ1n) is 7.11. The molecular formula is C14H24N4O. The number of likely N-dealkylation sites (tertiary alicyclic amines) is 1. The van der Waals surface area contributed by atoms with Gasteiger partial charge in [-0.15, -0.1) is 0 Å². The number of nitrogens with zero attached hydrogens (tertiary/aromatic N) is 3. The summed E-state index contributed by atoms with van der Waals surface area (Å²) in [5.74, 6) is 1.32. The van der Waals surface area contributed by atoms with Crippen LogP contribution in [0.2, 0.25) is 0 Å². The van der Waals surface area contributed by atoms with Crippen LogP contribution in [0.25, 0.3) is 0 Å². The van der Waals surface area contributed by atoms with Gasteiger partial charge < -0.3 is 15.0 Å². The number of aromatic nitrogens is 2. The van der Waals surface area contributed by atoms with Gasteiger partial charge in [0.15, 0.2) is 0 Å². The van der Waals surface area contributed by atoms with Gasteiger partial charge in [0.2, 0.25) is 11.8 Å². The number of hydrogen-bond donors (Lipinski definition) is 1. The molecule has 1 aliphatic heterocycles. The van der Waals surface area contributed by atoms with E-state index in [0.29, 0.717) is 17.9 Å². The Morgan fingerprint density at radius 2 is 2.32 bits per heavy atom. The largest absolute Gasteiger partial charge is 0.477 e. The first kappa shape index (κ1) is 14.1. The summed E-state index contributed by atoms with van der Waals surface area (Å²) in [6, 6.07) is 2.55. The minimum Gasteiger partial charge on any atom is -0.477 e. The second kappa shape index (κ2) is 6.70. The molecule has 1 aromatic rings. The van der Waals surface area contributed by atoms with Crippen LogP contribution >= 0.6 is 0 Å². The van der Waals surface area contributed by atoms with Gasteiger partial charge in [0.1, 0.15) is 0 Å². The van der Waals surface area contributed by atoms with E-state index < -0.39 is 0 Å². The Kier molecular flexibility index (Phi) is 4.96. The van der Waals surface area contributed by atoms with Crippen molar-refractivity contribution in [2.45, 2.75) is 39.2 Å². The molecule has 0 saturated carbocycles. The van der Waals surface area contributed by atoms with Crippen molar-refractivity contribution in [2.24, 2.45) is 0 Å². The van der Waals surface area contributed by atoms with Gasteiger partial charge in [0, 0.05) is 24.3 Å². The molecule has 5 heteroatoms. The molecule has 2 heterocycles. The molecule has 0 bridgehead atoms. The topological polar surface area (TPSA) is 50.3 Å². The molecule has 2 rings (SSSR count). The molecule has 1 unspecified atom stereocenters. The van der Waals surface area contributed by atoms with E-state index >= 15 is 0 Å². The van der Waals surface area contributed by atoms with E-state index in [1.807, 2.05) is 19.9 Å². The van der Waals surface area contributed by atoms with Crippen molar-refractivity contribution in [3.05, 3.63) is 11.8 Å². The Morgan fingerprint density at radius 1 is 1.47 bits per heavy atom. The van der Waals surface area contributed by atoms with Crippen molar-refractivity contribution in [2.75, 3.05) is 32.1 Å². The zero-order valence-corrected chi connectivity index (χ0v) is 12.1.